The van der Waals surface area contributed by atoms with Crippen molar-refractivity contribution in [1.29, 1.82) is 0 Å². The summed E-state index contributed by atoms with van der Waals surface area (Å²) in [6.45, 7) is 3.34. The number of carbonyl (C=O) groups is 2. The predicted octanol–water partition coefficient (Wildman–Crippen LogP) is 2.49. The van der Waals surface area contributed by atoms with Crippen LogP contribution in [0.3, 0.4) is 0 Å². The average molecular weight is 298 g/mol. The molecule has 1 aromatic carbocycles. The third-order valence-corrected chi connectivity index (χ3v) is 4.11. The zero-order valence-corrected chi connectivity index (χ0v) is 11.7. The SMILES string of the molecule is CC1CN(C(=O)Nc2ccc(F)c(C(=O)O)c2)CCS1. The van der Waals surface area contributed by atoms with E-state index >= 15 is 0 Å². The van der Waals surface area contributed by atoms with Gasteiger partial charge in [0.1, 0.15) is 5.82 Å². The lowest BCUT2D eigenvalue weighted by Gasteiger charge is -2.30. The largest absolute Gasteiger partial charge is 0.478 e. The summed E-state index contributed by atoms with van der Waals surface area (Å²) in [6.07, 6.45) is 0. The molecular formula is C13H15FN2O3S. The number of carbonyl (C=O) groups excluding carboxylic acids is 1. The third kappa shape index (κ3) is 3.41. The minimum atomic E-state index is -1.36. The van der Waals surface area contributed by atoms with Crippen molar-refractivity contribution in [3.8, 4) is 0 Å². The zero-order chi connectivity index (χ0) is 14.7. The molecule has 1 aliphatic heterocycles. The molecule has 1 unspecified atom stereocenters. The molecule has 1 atom stereocenters. The second-order valence-corrected chi connectivity index (χ2v) is 6.10. The van der Waals surface area contributed by atoms with Crippen LogP contribution in [0.2, 0.25) is 0 Å². The lowest BCUT2D eigenvalue weighted by atomic mass is 10.2. The van der Waals surface area contributed by atoms with Crippen molar-refractivity contribution >= 4 is 29.4 Å². The zero-order valence-electron chi connectivity index (χ0n) is 10.9. The van der Waals surface area contributed by atoms with E-state index in [-0.39, 0.29) is 11.7 Å². The number of carboxylic acids is 1. The first-order valence-electron chi connectivity index (χ1n) is 6.17. The molecule has 2 N–H and O–H groups in total. The first kappa shape index (κ1) is 14.6. The number of hydrogen-bond acceptors (Lipinski definition) is 3. The summed E-state index contributed by atoms with van der Waals surface area (Å²) in [6, 6.07) is 3.22. The van der Waals surface area contributed by atoms with E-state index < -0.39 is 17.3 Å². The Morgan fingerprint density at radius 3 is 2.90 bits per heavy atom. The fourth-order valence-electron chi connectivity index (χ4n) is 1.97. The molecule has 0 spiro atoms. The molecule has 0 saturated carbocycles. The van der Waals surface area contributed by atoms with Crippen molar-refractivity contribution in [2.24, 2.45) is 0 Å². The van der Waals surface area contributed by atoms with Crippen molar-refractivity contribution in [2.45, 2.75) is 12.2 Å². The number of urea groups is 1. The van der Waals surface area contributed by atoms with Crippen molar-refractivity contribution in [3.05, 3.63) is 29.6 Å². The molecule has 0 radical (unpaired) electrons. The highest BCUT2D eigenvalue weighted by molar-refractivity contribution is 7.99. The maximum absolute atomic E-state index is 13.3. The van der Waals surface area contributed by atoms with Gasteiger partial charge in [0.25, 0.3) is 0 Å². The Morgan fingerprint density at radius 2 is 2.25 bits per heavy atom. The van der Waals surface area contributed by atoms with Gasteiger partial charge in [0.05, 0.1) is 5.56 Å². The Kier molecular flexibility index (Phi) is 4.49. The van der Waals surface area contributed by atoms with E-state index in [1.165, 1.54) is 6.07 Å². The van der Waals surface area contributed by atoms with Gasteiger partial charge < -0.3 is 15.3 Å². The monoisotopic (exact) mass is 298 g/mol. The first-order valence-corrected chi connectivity index (χ1v) is 7.22. The highest BCUT2D eigenvalue weighted by Crippen LogP contribution is 2.20. The maximum atomic E-state index is 13.3. The summed E-state index contributed by atoms with van der Waals surface area (Å²) in [5.41, 5.74) is -0.176. The third-order valence-electron chi connectivity index (χ3n) is 2.98. The highest BCUT2D eigenvalue weighted by atomic mass is 32.2. The van der Waals surface area contributed by atoms with Gasteiger partial charge in [-0.05, 0) is 18.2 Å². The number of anilines is 1. The van der Waals surface area contributed by atoms with Crippen LogP contribution in [0.4, 0.5) is 14.9 Å². The van der Waals surface area contributed by atoms with Crippen molar-refractivity contribution < 1.29 is 19.1 Å². The van der Waals surface area contributed by atoms with Crippen LogP contribution in [0, 0.1) is 5.82 Å². The van der Waals surface area contributed by atoms with E-state index in [0.717, 1.165) is 17.9 Å². The Balaban J connectivity index is 2.07. The number of halogens is 1. The maximum Gasteiger partial charge on any atom is 0.338 e. The van der Waals surface area contributed by atoms with Crippen molar-refractivity contribution in [2.75, 3.05) is 24.2 Å². The Morgan fingerprint density at radius 1 is 1.50 bits per heavy atom. The lowest BCUT2D eigenvalue weighted by molar-refractivity contribution is 0.0692. The van der Waals surface area contributed by atoms with Crippen LogP contribution in [0.1, 0.15) is 17.3 Å². The molecular weight excluding hydrogens is 283 g/mol. The number of thioether (sulfide) groups is 1. The molecule has 1 aromatic rings. The summed E-state index contributed by atoms with van der Waals surface area (Å²) in [7, 11) is 0. The number of benzene rings is 1. The molecule has 1 saturated heterocycles. The Bertz CT molecular complexity index is 538. The van der Waals surface area contributed by atoms with Crippen LogP contribution in [0.25, 0.3) is 0 Å². The topological polar surface area (TPSA) is 69.6 Å². The van der Waals surface area contributed by atoms with Gasteiger partial charge in [0.2, 0.25) is 0 Å². The van der Waals surface area contributed by atoms with Crippen molar-refractivity contribution in [1.82, 2.24) is 4.90 Å². The molecule has 2 rings (SSSR count). The Hall–Kier alpha value is -1.76. The number of amides is 2. The van der Waals surface area contributed by atoms with E-state index in [1.54, 1.807) is 16.7 Å². The van der Waals surface area contributed by atoms with Gasteiger partial charge in [0.15, 0.2) is 0 Å². The average Bonchev–Trinajstić information content (AvgIpc) is 2.40. The first-order chi connectivity index (χ1) is 9.47. The van der Waals surface area contributed by atoms with Gasteiger partial charge in [0, 0.05) is 29.8 Å². The van der Waals surface area contributed by atoms with Gasteiger partial charge in [-0.1, -0.05) is 6.92 Å². The summed E-state index contributed by atoms with van der Waals surface area (Å²) >= 11 is 1.80. The number of hydrogen-bond donors (Lipinski definition) is 2. The Labute approximate surface area is 120 Å². The van der Waals surface area contributed by atoms with Crippen LogP contribution in [0.15, 0.2) is 18.2 Å². The van der Waals surface area contributed by atoms with E-state index in [2.05, 4.69) is 5.32 Å². The fraction of sp³-hybridized carbons (Fsp3) is 0.385. The van der Waals surface area contributed by atoms with Crippen molar-refractivity contribution in [3.63, 3.8) is 0 Å². The predicted molar refractivity (Wildman–Crippen MR) is 75.9 cm³/mol. The van der Waals surface area contributed by atoms with Gasteiger partial charge >= 0.3 is 12.0 Å². The molecule has 1 fully saturated rings. The molecule has 1 heterocycles. The van der Waals surface area contributed by atoms with Crippen LogP contribution in [-0.4, -0.2) is 46.1 Å². The fourth-order valence-corrected chi connectivity index (χ4v) is 2.99. The smallest absolute Gasteiger partial charge is 0.338 e. The minimum absolute atomic E-state index is 0.277. The number of carboxylic acid groups (broad SMARTS) is 1. The van der Waals surface area contributed by atoms with E-state index in [1.807, 2.05) is 6.92 Å². The van der Waals surface area contributed by atoms with Crippen LogP contribution >= 0.6 is 11.8 Å². The number of aromatic carboxylic acids is 1. The summed E-state index contributed by atoms with van der Waals surface area (Å²) in [5, 5.41) is 11.8. The van der Waals surface area contributed by atoms with Crippen LogP contribution in [-0.2, 0) is 0 Å². The molecule has 7 heteroatoms. The molecule has 2 amide bonds. The van der Waals surface area contributed by atoms with Gasteiger partial charge in [-0.2, -0.15) is 11.8 Å². The molecule has 0 aliphatic carbocycles. The number of nitrogens with one attached hydrogen (secondary N) is 1. The molecule has 20 heavy (non-hydrogen) atoms. The van der Waals surface area contributed by atoms with Gasteiger partial charge in [-0.3, -0.25) is 0 Å². The van der Waals surface area contributed by atoms with Crippen LogP contribution < -0.4 is 5.32 Å². The van der Waals surface area contributed by atoms with E-state index in [4.69, 9.17) is 5.11 Å². The lowest BCUT2D eigenvalue weighted by Crippen LogP contribution is -2.43. The molecule has 5 nitrogen and oxygen atoms in total. The second kappa shape index (κ2) is 6.13. The van der Waals surface area contributed by atoms with Gasteiger partial charge in [-0.15, -0.1) is 0 Å². The number of rotatable bonds is 2. The van der Waals surface area contributed by atoms with E-state index in [0.29, 0.717) is 18.3 Å². The standard InChI is InChI=1S/C13H15FN2O3S/c1-8-7-16(4-5-20-8)13(19)15-9-2-3-11(14)10(6-9)12(17)18/h2-3,6,8H,4-5,7H2,1H3,(H,15,19)(H,17,18). The highest BCUT2D eigenvalue weighted by Gasteiger charge is 2.21. The van der Waals surface area contributed by atoms with E-state index in [9.17, 15) is 14.0 Å². The molecule has 108 valence electrons. The summed E-state index contributed by atoms with van der Waals surface area (Å²) < 4.78 is 13.3. The summed E-state index contributed by atoms with van der Waals surface area (Å²) in [5.74, 6) is -1.31. The normalized spacial score (nSPS) is 18.7. The summed E-state index contributed by atoms with van der Waals surface area (Å²) in [4.78, 5) is 24.6. The number of nitrogens with zero attached hydrogens (tertiary/aromatic N) is 1. The quantitative estimate of drug-likeness (QED) is 0.880. The molecule has 0 bridgehead atoms. The minimum Gasteiger partial charge on any atom is -0.478 e. The molecule has 0 aromatic heterocycles. The van der Waals surface area contributed by atoms with Gasteiger partial charge in [-0.25, -0.2) is 14.0 Å². The molecule has 1 aliphatic rings. The van der Waals surface area contributed by atoms with Crippen LogP contribution in [0.5, 0.6) is 0 Å². The second-order valence-electron chi connectivity index (χ2n) is 4.56.